The fourth-order valence-electron chi connectivity index (χ4n) is 3.88. The number of aliphatic hydroxyl groups excluding tert-OH is 3. The molecular formula is C23H27N7O9. The van der Waals surface area contributed by atoms with Crippen molar-refractivity contribution in [3.8, 4) is 5.95 Å². The topological polar surface area (TPSA) is 213 Å². The van der Waals surface area contributed by atoms with Crippen molar-refractivity contribution in [2.24, 2.45) is 0 Å². The number of hydrogen-bond donors (Lipinski definition) is 4. The summed E-state index contributed by atoms with van der Waals surface area (Å²) in [6.07, 6.45) is -0.982. The third-order valence-electron chi connectivity index (χ3n) is 5.80. The molecule has 39 heavy (non-hydrogen) atoms. The summed E-state index contributed by atoms with van der Waals surface area (Å²) in [6.45, 7) is 4.54. The number of nitrogens with zero attached hydrogens (tertiary/aromatic N) is 6. The zero-order valence-electron chi connectivity index (χ0n) is 21.2. The molecule has 1 aliphatic rings. The monoisotopic (exact) mass is 545 g/mol. The van der Waals surface area contributed by atoms with E-state index in [-0.39, 0.29) is 47.3 Å². The number of aromatic nitrogens is 6. The third-order valence-corrected chi connectivity index (χ3v) is 5.80. The minimum absolute atomic E-state index is 0.0231. The smallest absolute Gasteiger partial charge is 0.342 e. The van der Waals surface area contributed by atoms with Crippen LogP contribution in [0.2, 0.25) is 0 Å². The summed E-state index contributed by atoms with van der Waals surface area (Å²) in [7, 11) is 0. The first kappa shape index (κ1) is 27.8. The Morgan fingerprint density at radius 1 is 1.18 bits per heavy atom. The lowest BCUT2D eigenvalue weighted by Gasteiger charge is -2.17. The Kier molecular flexibility index (Phi) is 8.29. The van der Waals surface area contributed by atoms with Crippen molar-refractivity contribution in [3.63, 3.8) is 0 Å². The molecule has 0 saturated carbocycles. The van der Waals surface area contributed by atoms with Gasteiger partial charge in [0.25, 0.3) is 5.95 Å². The van der Waals surface area contributed by atoms with E-state index < -0.39 is 43.1 Å². The van der Waals surface area contributed by atoms with E-state index in [2.05, 4.69) is 25.4 Å². The van der Waals surface area contributed by atoms with E-state index in [0.29, 0.717) is 12.0 Å². The van der Waals surface area contributed by atoms with Crippen LogP contribution in [-0.4, -0.2) is 101 Å². The molecule has 1 aliphatic heterocycles. The minimum atomic E-state index is -1.43. The van der Waals surface area contributed by atoms with Crippen molar-refractivity contribution in [2.45, 2.75) is 45.3 Å². The number of esters is 2. The standard InChI is InChI=1S/C23H27N7O9/c1-4-37-21(35)12(8-31)6-24-18-15-19(29(10-25-15)20-17(34)16(33)14(9-32)39-20)27-23(26-18)30-7-13(11(3)28-30)22(36)38-5-2/h6-8,10,14,16-17,20,32-34H,4-5,9H2,1-3H3,(H,24,26,27)/b12-6+/t14-,16-,17-,20?/m1/s1. The van der Waals surface area contributed by atoms with Crippen LogP contribution < -0.4 is 5.32 Å². The normalized spacial score (nSPS) is 21.2. The molecule has 4 atom stereocenters. The Balaban J connectivity index is 1.84. The maximum absolute atomic E-state index is 12.3. The molecular weight excluding hydrogens is 518 g/mol. The predicted octanol–water partition coefficient (Wildman–Crippen LogP) is -0.834. The first-order valence-corrected chi connectivity index (χ1v) is 11.9. The lowest BCUT2D eigenvalue weighted by Crippen LogP contribution is -2.33. The zero-order chi connectivity index (χ0) is 28.3. The van der Waals surface area contributed by atoms with Crippen molar-refractivity contribution in [1.29, 1.82) is 0 Å². The van der Waals surface area contributed by atoms with Crippen LogP contribution in [0.25, 0.3) is 17.1 Å². The highest BCUT2D eigenvalue weighted by atomic mass is 16.6. The van der Waals surface area contributed by atoms with Crippen LogP contribution >= 0.6 is 0 Å². The quantitative estimate of drug-likeness (QED) is 0.0805. The van der Waals surface area contributed by atoms with Gasteiger partial charge in [-0.1, -0.05) is 0 Å². The lowest BCUT2D eigenvalue weighted by atomic mass is 10.1. The third kappa shape index (κ3) is 5.35. The van der Waals surface area contributed by atoms with Gasteiger partial charge in [0.15, 0.2) is 29.5 Å². The molecule has 1 unspecified atom stereocenters. The van der Waals surface area contributed by atoms with Gasteiger partial charge in [0.1, 0.15) is 29.4 Å². The molecule has 4 heterocycles. The van der Waals surface area contributed by atoms with E-state index in [4.69, 9.17) is 14.2 Å². The number of aryl methyl sites for hydroxylation is 1. The molecule has 4 rings (SSSR count). The number of aldehydes is 1. The molecule has 0 aliphatic carbocycles. The fourth-order valence-corrected chi connectivity index (χ4v) is 3.88. The van der Waals surface area contributed by atoms with Crippen LogP contribution in [-0.2, 0) is 23.8 Å². The maximum Gasteiger partial charge on any atom is 0.342 e. The molecule has 3 aromatic rings. The summed E-state index contributed by atoms with van der Waals surface area (Å²) in [5, 5.41) is 37.3. The minimum Gasteiger partial charge on any atom is -0.462 e. The number of imidazole rings is 1. The number of aliphatic hydroxyl groups is 3. The second kappa shape index (κ2) is 11.6. The van der Waals surface area contributed by atoms with Crippen molar-refractivity contribution < 1.29 is 43.9 Å². The van der Waals surface area contributed by atoms with Crippen molar-refractivity contribution in [2.75, 3.05) is 25.1 Å². The summed E-state index contributed by atoms with van der Waals surface area (Å²) in [5.74, 6) is -1.49. The van der Waals surface area contributed by atoms with E-state index in [0.717, 1.165) is 6.20 Å². The van der Waals surface area contributed by atoms with Gasteiger partial charge in [0.05, 0.1) is 31.8 Å². The van der Waals surface area contributed by atoms with E-state index in [9.17, 15) is 29.7 Å². The molecule has 16 heteroatoms. The molecule has 0 amide bonds. The summed E-state index contributed by atoms with van der Waals surface area (Å²) >= 11 is 0. The molecule has 0 aromatic carbocycles. The number of carbonyl (C=O) groups is 3. The zero-order valence-corrected chi connectivity index (χ0v) is 21.2. The molecule has 1 fully saturated rings. The van der Waals surface area contributed by atoms with Crippen LogP contribution in [0.1, 0.15) is 36.1 Å². The predicted molar refractivity (Wildman–Crippen MR) is 131 cm³/mol. The van der Waals surface area contributed by atoms with Gasteiger partial charge < -0.3 is 34.8 Å². The number of carbonyl (C=O) groups excluding carboxylic acids is 3. The highest BCUT2D eigenvalue weighted by Crippen LogP contribution is 2.32. The van der Waals surface area contributed by atoms with Gasteiger partial charge in [-0.15, -0.1) is 0 Å². The van der Waals surface area contributed by atoms with Gasteiger partial charge in [-0.2, -0.15) is 15.1 Å². The Bertz CT molecular complexity index is 1420. The number of ether oxygens (including phenoxy) is 3. The van der Waals surface area contributed by atoms with E-state index >= 15 is 0 Å². The second-order valence-electron chi connectivity index (χ2n) is 8.30. The van der Waals surface area contributed by atoms with Gasteiger partial charge in [0, 0.05) is 12.4 Å². The van der Waals surface area contributed by atoms with Crippen molar-refractivity contribution in [1.82, 2.24) is 29.3 Å². The fraction of sp³-hybridized carbons (Fsp3) is 0.435. The van der Waals surface area contributed by atoms with Gasteiger partial charge in [-0.3, -0.25) is 9.36 Å². The van der Waals surface area contributed by atoms with Gasteiger partial charge >= 0.3 is 11.9 Å². The van der Waals surface area contributed by atoms with Gasteiger partial charge in [-0.05, 0) is 20.8 Å². The molecule has 208 valence electrons. The van der Waals surface area contributed by atoms with Crippen LogP contribution in [0.3, 0.4) is 0 Å². The lowest BCUT2D eigenvalue weighted by molar-refractivity contribution is -0.139. The maximum atomic E-state index is 12.3. The van der Waals surface area contributed by atoms with Crippen molar-refractivity contribution >= 4 is 35.2 Å². The highest BCUT2D eigenvalue weighted by molar-refractivity contribution is 6.08. The molecule has 0 spiro atoms. The molecule has 1 saturated heterocycles. The SMILES string of the molecule is CCOC(=O)/C(C=O)=C/Nc1nc(-n2cc(C(=O)OCC)c(C)n2)nc2c1ncn2C1O[C@H](CO)[C@@H](O)[C@H]1O. The van der Waals surface area contributed by atoms with Crippen LogP contribution in [0.4, 0.5) is 5.82 Å². The largest absolute Gasteiger partial charge is 0.462 e. The van der Waals surface area contributed by atoms with Gasteiger partial charge in [-0.25, -0.2) is 19.3 Å². The summed E-state index contributed by atoms with van der Waals surface area (Å²) < 4.78 is 18.1. The average Bonchev–Trinajstić information content (AvgIpc) is 3.60. The van der Waals surface area contributed by atoms with E-state index in [1.165, 1.54) is 21.8 Å². The number of rotatable bonds is 10. The Labute approximate surface area is 220 Å². The molecule has 16 nitrogen and oxygen atoms in total. The summed E-state index contributed by atoms with van der Waals surface area (Å²) in [6, 6.07) is 0. The number of hydrogen-bond acceptors (Lipinski definition) is 14. The van der Waals surface area contributed by atoms with Crippen LogP contribution in [0.5, 0.6) is 0 Å². The van der Waals surface area contributed by atoms with Crippen molar-refractivity contribution in [3.05, 3.63) is 35.6 Å². The summed E-state index contributed by atoms with van der Waals surface area (Å²) in [5.41, 5.74) is 0.427. The molecule has 3 aromatic heterocycles. The second-order valence-corrected chi connectivity index (χ2v) is 8.30. The molecule has 0 bridgehead atoms. The van der Waals surface area contributed by atoms with E-state index in [1.807, 2.05) is 0 Å². The molecule has 0 radical (unpaired) electrons. The Morgan fingerprint density at radius 3 is 2.56 bits per heavy atom. The first-order valence-electron chi connectivity index (χ1n) is 11.9. The Hall–Kier alpha value is -4.25. The van der Waals surface area contributed by atoms with E-state index in [1.54, 1.807) is 20.8 Å². The molecule has 4 N–H and O–H groups in total. The number of fused-ring (bicyclic) bond motifs is 1. The number of nitrogens with one attached hydrogen (secondary N) is 1. The van der Waals surface area contributed by atoms with Crippen LogP contribution in [0.15, 0.2) is 24.3 Å². The Morgan fingerprint density at radius 2 is 1.92 bits per heavy atom. The first-order chi connectivity index (χ1) is 18.7. The highest BCUT2D eigenvalue weighted by Gasteiger charge is 2.44. The number of anilines is 1. The summed E-state index contributed by atoms with van der Waals surface area (Å²) in [4.78, 5) is 48.9. The van der Waals surface area contributed by atoms with Gasteiger partial charge in [0.2, 0.25) is 0 Å². The van der Waals surface area contributed by atoms with Crippen LogP contribution in [0, 0.1) is 6.92 Å². The average molecular weight is 546 g/mol.